The van der Waals surface area contributed by atoms with Crippen LogP contribution in [0.4, 0.5) is 4.39 Å². The first-order valence-corrected chi connectivity index (χ1v) is 8.80. The molecule has 0 heterocycles. The molecule has 1 aromatic rings. The van der Waals surface area contributed by atoms with Crippen molar-refractivity contribution in [1.29, 1.82) is 0 Å². The maximum Gasteiger partial charge on any atom is 0.243 e. The van der Waals surface area contributed by atoms with Crippen LogP contribution in [-0.4, -0.2) is 26.2 Å². The average Bonchev–Trinajstić information content (AvgIpc) is 2.38. The highest BCUT2D eigenvalue weighted by atomic mass is 79.9. The highest BCUT2D eigenvalue weighted by molar-refractivity contribution is 9.10. The summed E-state index contributed by atoms with van der Waals surface area (Å²) in [5, 5.41) is 9.30. The lowest BCUT2D eigenvalue weighted by Gasteiger charge is -2.30. The molecular weight excluding hydrogens is 349 g/mol. The molecule has 20 heavy (non-hydrogen) atoms. The number of aliphatic hydroxyl groups is 1. The number of hydrogen-bond acceptors (Lipinski definition) is 3. The van der Waals surface area contributed by atoms with Crippen molar-refractivity contribution in [2.45, 2.75) is 36.6 Å². The molecule has 4 nitrogen and oxygen atoms in total. The molecule has 0 radical (unpaired) electrons. The highest BCUT2D eigenvalue weighted by Crippen LogP contribution is 2.26. The summed E-state index contributed by atoms with van der Waals surface area (Å²) in [6.45, 7) is -0.0595. The van der Waals surface area contributed by atoms with Crippen LogP contribution in [0.5, 0.6) is 0 Å². The first-order valence-electron chi connectivity index (χ1n) is 6.52. The summed E-state index contributed by atoms with van der Waals surface area (Å²) < 4.78 is 41.3. The standard InChI is InChI=1S/C13H17BrFNO3S/c14-10-5-6-13(11(15)7-10)20(18,19)16-12-4-2-1-3-9(12)8-17/h5-7,9,12,16-17H,1-4,8H2. The second-order valence-corrected chi connectivity index (χ2v) is 7.63. The highest BCUT2D eigenvalue weighted by Gasteiger charge is 2.30. The van der Waals surface area contributed by atoms with Crippen LogP contribution in [0.2, 0.25) is 0 Å². The summed E-state index contributed by atoms with van der Waals surface area (Å²) in [6.07, 6.45) is 3.34. The molecule has 1 aliphatic rings. The smallest absolute Gasteiger partial charge is 0.243 e. The summed E-state index contributed by atoms with van der Waals surface area (Å²) in [6, 6.07) is 3.52. The molecule has 112 valence electrons. The van der Waals surface area contributed by atoms with Gasteiger partial charge >= 0.3 is 0 Å². The van der Waals surface area contributed by atoms with E-state index in [0.29, 0.717) is 10.9 Å². The fourth-order valence-corrected chi connectivity index (χ4v) is 4.27. The van der Waals surface area contributed by atoms with E-state index in [0.717, 1.165) is 25.3 Å². The predicted molar refractivity (Wildman–Crippen MR) is 77.3 cm³/mol. The van der Waals surface area contributed by atoms with E-state index in [1.54, 1.807) is 0 Å². The molecule has 2 N–H and O–H groups in total. The second-order valence-electron chi connectivity index (χ2n) is 5.03. The Balaban J connectivity index is 2.22. The zero-order valence-electron chi connectivity index (χ0n) is 10.9. The lowest BCUT2D eigenvalue weighted by molar-refractivity contribution is 0.164. The molecule has 1 saturated carbocycles. The number of nitrogens with one attached hydrogen (secondary N) is 1. The largest absolute Gasteiger partial charge is 0.396 e. The molecular formula is C13H17BrFNO3S. The van der Waals surface area contributed by atoms with E-state index in [2.05, 4.69) is 20.7 Å². The van der Waals surface area contributed by atoms with Gasteiger partial charge in [0, 0.05) is 17.1 Å². The second kappa shape index (κ2) is 6.51. The predicted octanol–water partition coefficient (Wildman–Crippen LogP) is 2.42. The van der Waals surface area contributed by atoms with E-state index in [1.807, 2.05) is 0 Å². The Morgan fingerprint density at radius 1 is 1.35 bits per heavy atom. The zero-order valence-corrected chi connectivity index (χ0v) is 13.3. The number of rotatable bonds is 4. The van der Waals surface area contributed by atoms with Gasteiger partial charge in [0.15, 0.2) is 0 Å². The van der Waals surface area contributed by atoms with Gasteiger partial charge in [0.1, 0.15) is 10.7 Å². The number of aliphatic hydroxyl groups excluding tert-OH is 1. The quantitative estimate of drug-likeness (QED) is 0.860. The Labute approximate surface area is 126 Å². The number of hydrogen-bond donors (Lipinski definition) is 2. The lowest BCUT2D eigenvalue weighted by Crippen LogP contribution is -2.43. The van der Waals surface area contributed by atoms with Crippen molar-refractivity contribution in [3.8, 4) is 0 Å². The molecule has 1 aliphatic carbocycles. The number of halogens is 2. The maximum atomic E-state index is 13.8. The van der Waals surface area contributed by atoms with Gasteiger partial charge in [-0.1, -0.05) is 28.8 Å². The van der Waals surface area contributed by atoms with Gasteiger partial charge in [-0.3, -0.25) is 0 Å². The molecule has 1 fully saturated rings. The molecule has 0 bridgehead atoms. The van der Waals surface area contributed by atoms with Crippen LogP contribution in [0, 0.1) is 11.7 Å². The van der Waals surface area contributed by atoms with Crippen molar-refractivity contribution in [3.63, 3.8) is 0 Å². The SMILES string of the molecule is O=S(=O)(NC1CCCCC1CO)c1ccc(Br)cc1F. The lowest BCUT2D eigenvalue weighted by atomic mass is 9.86. The van der Waals surface area contributed by atoms with E-state index >= 15 is 0 Å². The van der Waals surface area contributed by atoms with Crippen molar-refractivity contribution in [1.82, 2.24) is 4.72 Å². The number of benzene rings is 1. The van der Waals surface area contributed by atoms with Gasteiger partial charge in [-0.2, -0.15) is 0 Å². The monoisotopic (exact) mass is 365 g/mol. The Morgan fingerprint density at radius 3 is 2.70 bits per heavy atom. The van der Waals surface area contributed by atoms with Crippen LogP contribution in [0.25, 0.3) is 0 Å². The fraction of sp³-hybridized carbons (Fsp3) is 0.538. The Morgan fingerprint density at radius 2 is 2.05 bits per heavy atom. The van der Waals surface area contributed by atoms with Crippen LogP contribution in [-0.2, 0) is 10.0 Å². The zero-order chi connectivity index (χ0) is 14.8. The molecule has 0 aliphatic heterocycles. The minimum atomic E-state index is -3.91. The van der Waals surface area contributed by atoms with E-state index < -0.39 is 15.8 Å². The van der Waals surface area contributed by atoms with Gasteiger partial charge in [0.2, 0.25) is 10.0 Å². The summed E-state index contributed by atoms with van der Waals surface area (Å²) in [5.74, 6) is -0.889. The summed E-state index contributed by atoms with van der Waals surface area (Å²) in [7, 11) is -3.91. The first kappa shape index (κ1) is 15.9. The molecule has 2 atom stereocenters. The first-order chi connectivity index (χ1) is 9.44. The van der Waals surface area contributed by atoms with Crippen LogP contribution >= 0.6 is 15.9 Å². The molecule has 0 saturated heterocycles. The minimum Gasteiger partial charge on any atom is -0.396 e. The van der Waals surface area contributed by atoms with Crippen LogP contribution in [0.1, 0.15) is 25.7 Å². The average molecular weight is 366 g/mol. The van der Waals surface area contributed by atoms with Crippen LogP contribution < -0.4 is 4.72 Å². The summed E-state index contributed by atoms with van der Waals surface area (Å²) in [4.78, 5) is -0.358. The normalized spacial score (nSPS) is 23.8. The van der Waals surface area contributed by atoms with E-state index in [-0.39, 0.29) is 23.5 Å². The van der Waals surface area contributed by atoms with Crippen LogP contribution in [0.15, 0.2) is 27.6 Å². The molecule has 1 aromatic carbocycles. The summed E-state index contributed by atoms with van der Waals surface area (Å²) in [5.41, 5.74) is 0. The maximum absolute atomic E-state index is 13.8. The van der Waals surface area contributed by atoms with Gasteiger partial charge in [-0.25, -0.2) is 17.5 Å². The van der Waals surface area contributed by atoms with Gasteiger partial charge in [-0.05, 0) is 37.0 Å². The van der Waals surface area contributed by atoms with Crippen molar-refractivity contribution < 1.29 is 17.9 Å². The molecule has 0 amide bonds. The fourth-order valence-electron chi connectivity index (χ4n) is 2.54. The summed E-state index contributed by atoms with van der Waals surface area (Å²) >= 11 is 3.09. The minimum absolute atomic E-state index is 0.0595. The number of sulfonamides is 1. The Kier molecular flexibility index (Phi) is 5.17. The van der Waals surface area contributed by atoms with E-state index in [9.17, 15) is 17.9 Å². The van der Waals surface area contributed by atoms with E-state index in [1.165, 1.54) is 12.1 Å². The molecule has 0 spiro atoms. The van der Waals surface area contributed by atoms with E-state index in [4.69, 9.17) is 0 Å². The third-order valence-corrected chi connectivity index (χ3v) is 5.65. The van der Waals surface area contributed by atoms with Crippen molar-refractivity contribution in [3.05, 3.63) is 28.5 Å². The molecule has 2 unspecified atom stereocenters. The third-order valence-electron chi connectivity index (χ3n) is 3.63. The topological polar surface area (TPSA) is 66.4 Å². The third kappa shape index (κ3) is 3.58. The van der Waals surface area contributed by atoms with Gasteiger partial charge in [0.25, 0.3) is 0 Å². The Hall–Kier alpha value is -0.500. The molecule has 2 rings (SSSR count). The van der Waals surface area contributed by atoms with Gasteiger partial charge < -0.3 is 5.11 Å². The molecule has 7 heteroatoms. The van der Waals surface area contributed by atoms with Crippen molar-refractivity contribution in [2.75, 3.05) is 6.61 Å². The Bertz CT molecular complexity index is 579. The molecule has 0 aromatic heterocycles. The van der Waals surface area contributed by atoms with Crippen molar-refractivity contribution in [2.24, 2.45) is 5.92 Å². The van der Waals surface area contributed by atoms with Gasteiger partial charge in [-0.15, -0.1) is 0 Å². The van der Waals surface area contributed by atoms with Crippen molar-refractivity contribution >= 4 is 26.0 Å². The van der Waals surface area contributed by atoms with Crippen LogP contribution in [0.3, 0.4) is 0 Å². The van der Waals surface area contributed by atoms with Gasteiger partial charge in [0.05, 0.1) is 0 Å².